The van der Waals surface area contributed by atoms with Gasteiger partial charge in [0.2, 0.25) is 0 Å². The third kappa shape index (κ3) is 2.12. The number of nitrogens with zero attached hydrogens (tertiary/aromatic N) is 2. The van der Waals surface area contributed by atoms with Gasteiger partial charge in [0.05, 0.1) is 4.88 Å². The molecule has 0 aromatic carbocycles. The molecule has 0 spiro atoms. The second-order valence-corrected chi connectivity index (χ2v) is 5.35. The Morgan fingerprint density at radius 2 is 2.47 bits per heavy atom. The van der Waals surface area contributed by atoms with Crippen LogP contribution in [0.5, 0.6) is 0 Å². The quantitative estimate of drug-likeness (QED) is 0.888. The van der Waals surface area contributed by atoms with Gasteiger partial charge >= 0.3 is 0 Å². The van der Waals surface area contributed by atoms with Crippen molar-refractivity contribution in [1.82, 2.24) is 15.5 Å². The van der Waals surface area contributed by atoms with Crippen molar-refractivity contribution < 1.29 is 4.52 Å². The van der Waals surface area contributed by atoms with Gasteiger partial charge < -0.3 is 9.84 Å². The number of aromatic nitrogens is 2. The lowest BCUT2D eigenvalue weighted by Crippen LogP contribution is -2.28. The average Bonchev–Trinajstić information content (AvgIpc) is 2.98. The number of thiophene rings is 1. The van der Waals surface area contributed by atoms with Crippen LogP contribution in [0.15, 0.2) is 16.0 Å². The van der Waals surface area contributed by atoms with Gasteiger partial charge in [-0.2, -0.15) is 4.98 Å². The third-order valence-electron chi connectivity index (χ3n) is 3.16. The highest BCUT2D eigenvalue weighted by atomic mass is 32.1. The summed E-state index contributed by atoms with van der Waals surface area (Å²) in [5.74, 6) is 1.92. The second kappa shape index (κ2) is 4.58. The van der Waals surface area contributed by atoms with Crippen LogP contribution in [0.2, 0.25) is 0 Å². The molecule has 0 radical (unpaired) electrons. The van der Waals surface area contributed by atoms with Gasteiger partial charge in [0.15, 0.2) is 5.82 Å². The number of nitrogens with one attached hydrogen (secondary N) is 1. The van der Waals surface area contributed by atoms with Gasteiger partial charge in [0.25, 0.3) is 5.89 Å². The van der Waals surface area contributed by atoms with Gasteiger partial charge in [-0.05, 0) is 43.3 Å². The highest BCUT2D eigenvalue weighted by Gasteiger charge is 2.21. The minimum atomic E-state index is 0.404. The van der Waals surface area contributed by atoms with Gasteiger partial charge in [0.1, 0.15) is 0 Å². The lowest BCUT2D eigenvalue weighted by atomic mass is 9.99. The Labute approximate surface area is 104 Å². The molecule has 1 aliphatic heterocycles. The monoisotopic (exact) mass is 249 g/mol. The van der Waals surface area contributed by atoms with E-state index in [2.05, 4.69) is 33.8 Å². The fourth-order valence-electron chi connectivity index (χ4n) is 2.16. The molecular weight excluding hydrogens is 234 g/mol. The molecular formula is C12H15N3OS. The van der Waals surface area contributed by atoms with Gasteiger partial charge in [-0.25, -0.2) is 0 Å². The zero-order valence-electron chi connectivity index (χ0n) is 9.77. The number of piperidine rings is 1. The Morgan fingerprint density at radius 3 is 3.18 bits per heavy atom. The molecule has 0 saturated carbocycles. The summed E-state index contributed by atoms with van der Waals surface area (Å²) in [6.07, 6.45) is 2.34. The smallest absolute Gasteiger partial charge is 0.268 e. The highest BCUT2D eigenvalue weighted by Crippen LogP contribution is 2.29. The molecule has 2 aromatic rings. The van der Waals surface area contributed by atoms with Crippen LogP contribution >= 0.6 is 11.3 Å². The molecule has 3 heterocycles. The summed E-state index contributed by atoms with van der Waals surface area (Å²) >= 11 is 1.65. The summed E-state index contributed by atoms with van der Waals surface area (Å²) in [6.45, 7) is 4.13. The van der Waals surface area contributed by atoms with E-state index in [1.807, 2.05) is 0 Å². The van der Waals surface area contributed by atoms with Crippen LogP contribution < -0.4 is 5.32 Å². The largest absolute Gasteiger partial charge is 0.333 e. The van der Waals surface area contributed by atoms with Crippen molar-refractivity contribution in [3.05, 3.63) is 22.8 Å². The SMILES string of the molecule is Cc1ccsc1-c1nc(C2CCCNC2)no1. The van der Waals surface area contributed by atoms with E-state index in [1.165, 1.54) is 12.0 Å². The molecule has 1 unspecified atom stereocenters. The summed E-state index contributed by atoms with van der Waals surface area (Å²) in [6, 6.07) is 2.08. The maximum atomic E-state index is 5.36. The van der Waals surface area contributed by atoms with E-state index < -0.39 is 0 Å². The van der Waals surface area contributed by atoms with Crippen LogP contribution in [0, 0.1) is 6.92 Å². The van der Waals surface area contributed by atoms with Crippen LogP contribution in [0.25, 0.3) is 10.8 Å². The summed E-state index contributed by atoms with van der Waals surface area (Å²) < 4.78 is 5.36. The summed E-state index contributed by atoms with van der Waals surface area (Å²) in [7, 11) is 0. The Kier molecular flexibility index (Phi) is 2.94. The number of rotatable bonds is 2. The zero-order chi connectivity index (χ0) is 11.7. The van der Waals surface area contributed by atoms with E-state index in [1.54, 1.807) is 11.3 Å². The lowest BCUT2D eigenvalue weighted by molar-refractivity contribution is 0.393. The normalized spacial score (nSPS) is 20.6. The fraction of sp³-hybridized carbons (Fsp3) is 0.500. The van der Waals surface area contributed by atoms with Crippen molar-refractivity contribution >= 4 is 11.3 Å². The molecule has 0 amide bonds. The van der Waals surface area contributed by atoms with Crippen molar-refractivity contribution in [2.24, 2.45) is 0 Å². The third-order valence-corrected chi connectivity index (χ3v) is 4.16. The Morgan fingerprint density at radius 1 is 1.53 bits per heavy atom. The first-order chi connectivity index (χ1) is 8.34. The summed E-state index contributed by atoms with van der Waals surface area (Å²) in [5, 5.41) is 9.54. The molecule has 17 heavy (non-hydrogen) atoms. The molecule has 1 saturated heterocycles. The Balaban J connectivity index is 1.85. The van der Waals surface area contributed by atoms with E-state index in [0.29, 0.717) is 11.8 Å². The molecule has 1 aliphatic rings. The van der Waals surface area contributed by atoms with Crippen LogP contribution in [0.3, 0.4) is 0 Å². The van der Waals surface area contributed by atoms with Crippen molar-refractivity contribution in [3.8, 4) is 10.8 Å². The molecule has 4 nitrogen and oxygen atoms in total. The highest BCUT2D eigenvalue weighted by molar-refractivity contribution is 7.13. The van der Waals surface area contributed by atoms with E-state index >= 15 is 0 Å². The Hall–Kier alpha value is -1.20. The Bertz CT molecular complexity index is 499. The van der Waals surface area contributed by atoms with Crippen molar-refractivity contribution in [2.75, 3.05) is 13.1 Å². The number of hydrogen-bond donors (Lipinski definition) is 1. The molecule has 2 aromatic heterocycles. The summed E-state index contributed by atoms with van der Waals surface area (Å²) in [4.78, 5) is 5.62. The van der Waals surface area contributed by atoms with Crippen LogP contribution in [0.4, 0.5) is 0 Å². The first-order valence-corrected chi connectivity index (χ1v) is 6.81. The fourth-order valence-corrected chi connectivity index (χ4v) is 3.00. The minimum absolute atomic E-state index is 0.404. The van der Waals surface area contributed by atoms with Crippen molar-refractivity contribution in [3.63, 3.8) is 0 Å². The predicted octanol–water partition coefficient (Wildman–Crippen LogP) is 2.57. The topological polar surface area (TPSA) is 51.0 Å². The van der Waals surface area contributed by atoms with E-state index in [4.69, 9.17) is 4.52 Å². The maximum absolute atomic E-state index is 5.36. The first kappa shape index (κ1) is 10.9. The zero-order valence-corrected chi connectivity index (χ0v) is 10.6. The van der Waals surface area contributed by atoms with Gasteiger partial charge in [-0.3, -0.25) is 0 Å². The molecule has 1 atom stereocenters. The summed E-state index contributed by atoms with van der Waals surface area (Å²) in [5.41, 5.74) is 1.20. The van der Waals surface area contributed by atoms with Gasteiger partial charge in [0, 0.05) is 12.5 Å². The van der Waals surface area contributed by atoms with Crippen molar-refractivity contribution in [1.29, 1.82) is 0 Å². The van der Waals surface area contributed by atoms with E-state index in [0.717, 1.165) is 30.2 Å². The average molecular weight is 249 g/mol. The van der Waals surface area contributed by atoms with Gasteiger partial charge in [-0.15, -0.1) is 11.3 Å². The number of aryl methyl sites for hydroxylation is 1. The molecule has 1 fully saturated rings. The lowest BCUT2D eigenvalue weighted by Gasteiger charge is -2.19. The van der Waals surface area contributed by atoms with Crippen LogP contribution in [-0.4, -0.2) is 23.2 Å². The standard InChI is InChI=1S/C12H15N3OS/c1-8-4-6-17-10(8)12-14-11(15-16-12)9-3-2-5-13-7-9/h4,6,9,13H,2-3,5,7H2,1H3. The van der Waals surface area contributed by atoms with Crippen LogP contribution in [-0.2, 0) is 0 Å². The number of hydrogen-bond acceptors (Lipinski definition) is 5. The molecule has 1 N–H and O–H groups in total. The molecule has 90 valence electrons. The van der Waals surface area contributed by atoms with E-state index in [9.17, 15) is 0 Å². The van der Waals surface area contributed by atoms with E-state index in [-0.39, 0.29) is 0 Å². The van der Waals surface area contributed by atoms with Crippen LogP contribution in [0.1, 0.15) is 30.1 Å². The van der Waals surface area contributed by atoms with Gasteiger partial charge in [-0.1, -0.05) is 5.16 Å². The minimum Gasteiger partial charge on any atom is -0.333 e. The molecule has 3 rings (SSSR count). The maximum Gasteiger partial charge on any atom is 0.268 e. The molecule has 0 bridgehead atoms. The molecule has 5 heteroatoms. The molecule has 0 aliphatic carbocycles. The predicted molar refractivity (Wildman–Crippen MR) is 67.2 cm³/mol. The second-order valence-electron chi connectivity index (χ2n) is 4.43. The first-order valence-electron chi connectivity index (χ1n) is 5.93. The van der Waals surface area contributed by atoms with Crippen molar-refractivity contribution in [2.45, 2.75) is 25.7 Å².